The molecular formula is C12H15F2N3O4. The molecule has 21 heavy (non-hydrogen) atoms. The van der Waals surface area contributed by atoms with Crippen LogP contribution in [0.5, 0.6) is 0 Å². The highest BCUT2D eigenvalue weighted by Gasteiger charge is 2.31. The van der Waals surface area contributed by atoms with Crippen molar-refractivity contribution in [1.29, 1.82) is 0 Å². The first kappa shape index (κ1) is 15.7. The minimum absolute atomic E-state index is 0.0216. The zero-order valence-corrected chi connectivity index (χ0v) is 10.7. The third kappa shape index (κ3) is 3.01. The largest absolute Gasteiger partial charge is 0.394 e. The molecular weight excluding hydrogens is 288 g/mol. The van der Waals surface area contributed by atoms with Crippen LogP contribution in [0.3, 0.4) is 0 Å². The first-order valence-corrected chi connectivity index (χ1v) is 6.10. The van der Waals surface area contributed by atoms with Gasteiger partial charge >= 0.3 is 0 Å². The number of nitrogens with one attached hydrogen (secondary N) is 1. The van der Waals surface area contributed by atoms with Gasteiger partial charge in [0.15, 0.2) is 11.6 Å². The maximum Gasteiger partial charge on any atom is 0.161 e. The number of aliphatic hydroxyl groups excluding tert-OH is 4. The molecule has 7 N–H and O–H groups in total. The summed E-state index contributed by atoms with van der Waals surface area (Å²) in [7, 11) is 0. The fraction of sp³-hybridized carbons (Fsp3) is 0.417. The Labute approximate surface area is 117 Å². The highest BCUT2D eigenvalue weighted by molar-refractivity contribution is 5.75. The zero-order valence-electron chi connectivity index (χ0n) is 10.7. The van der Waals surface area contributed by atoms with Crippen LogP contribution in [0, 0.1) is 11.6 Å². The number of aliphatic hydroxyl groups is 4. The lowest BCUT2D eigenvalue weighted by atomic mass is 10.0. The molecule has 0 unspecified atom stereocenters. The molecule has 1 heterocycles. The molecule has 0 amide bonds. The molecule has 0 radical (unpaired) electrons. The summed E-state index contributed by atoms with van der Waals surface area (Å²) in [5.74, 6) is -2.17. The molecule has 4 atom stereocenters. The lowest BCUT2D eigenvalue weighted by Gasteiger charge is -2.25. The van der Waals surface area contributed by atoms with Crippen LogP contribution in [0.1, 0.15) is 11.9 Å². The van der Waals surface area contributed by atoms with Crippen LogP contribution in [0.15, 0.2) is 12.1 Å². The molecule has 0 bridgehead atoms. The smallest absolute Gasteiger partial charge is 0.161 e. The third-order valence-corrected chi connectivity index (χ3v) is 3.16. The monoisotopic (exact) mass is 303 g/mol. The van der Waals surface area contributed by atoms with Crippen LogP contribution in [0.25, 0.3) is 11.0 Å². The number of H-pyrrole nitrogens is 1. The number of hydrogen-bond acceptors (Lipinski definition) is 6. The van der Waals surface area contributed by atoms with Crippen LogP contribution in [0.4, 0.5) is 8.78 Å². The quantitative estimate of drug-likeness (QED) is 0.416. The predicted molar refractivity (Wildman–Crippen MR) is 68.0 cm³/mol. The minimum atomic E-state index is -1.70. The third-order valence-electron chi connectivity index (χ3n) is 3.16. The molecule has 116 valence electrons. The minimum Gasteiger partial charge on any atom is -0.394 e. The maximum absolute atomic E-state index is 13.1. The SMILES string of the molecule is N[C@@H](c1nc2cc(F)c(F)cc2[nH]1)[C@@H](O)[C@@H](O)[C@H](O)CO. The highest BCUT2D eigenvalue weighted by Crippen LogP contribution is 2.21. The van der Waals surface area contributed by atoms with Crippen molar-refractivity contribution in [3.8, 4) is 0 Å². The van der Waals surface area contributed by atoms with Crippen molar-refractivity contribution < 1.29 is 29.2 Å². The van der Waals surface area contributed by atoms with Crippen molar-refractivity contribution in [2.24, 2.45) is 5.73 Å². The highest BCUT2D eigenvalue weighted by atomic mass is 19.2. The second-order valence-corrected chi connectivity index (χ2v) is 4.66. The molecule has 0 saturated carbocycles. The van der Waals surface area contributed by atoms with E-state index in [1.807, 2.05) is 0 Å². The number of nitrogens with zero attached hydrogens (tertiary/aromatic N) is 1. The van der Waals surface area contributed by atoms with Gasteiger partial charge in [0.2, 0.25) is 0 Å². The van der Waals surface area contributed by atoms with Gasteiger partial charge in [0.1, 0.15) is 24.1 Å². The maximum atomic E-state index is 13.1. The number of aromatic amines is 1. The number of halogens is 2. The lowest BCUT2D eigenvalue weighted by Crippen LogP contribution is -2.45. The Morgan fingerprint density at radius 2 is 1.76 bits per heavy atom. The van der Waals surface area contributed by atoms with Gasteiger partial charge in [0, 0.05) is 12.1 Å². The van der Waals surface area contributed by atoms with Gasteiger partial charge < -0.3 is 31.1 Å². The topological polar surface area (TPSA) is 136 Å². The van der Waals surface area contributed by atoms with Crippen LogP contribution < -0.4 is 5.73 Å². The number of imidazole rings is 1. The zero-order chi connectivity index (χ0) is 15.7. The molecule has 1 aromatic heterocycles. The first-order valence-electron chi connectivity index (χ1n) is 6.10. The van der Waals surface area contributed by atoms with E-state index in [9.17, 15) is 24.1 Å². The second kappa shape index (κ2) is 6.00. The van der Waals surface area contributed by atoms with E-state index >= 15 is 0 Å². The normalized spacial score (nSPS) is 17.7. The summed E-state index contributed by atoms with van der Waals surface area (Å²) in [6.07, 6.45) is -4.92. The van der Waals surface area contributed by atoms with Gasteiger partial charge in [-0.1, -0.05) is 0 Å². The van der Waals surface area contributed by atoms with Crippen LogP contribution >= 0.6 is 0 Å². The van der Waals surface area contributed by atoms with E-state index in [-0.39, 0.29) is 16.9 Å². The van der Waals surface area contributed by atoms with Crippen LogP contribution in [-0.2, 0) is 0 Å². The van der Waals surface area contributed by atoms with Crippen molar-refractivity contribution in [2.75, 3.05) is 6.61 Å². The molecule has 9 heteroatoms. The van der Waals surface area contributed by atoms with Crippen molar-refractivity contribution in [3.05, 3.63) is 29.6 Å². The molecule has 0 fully saturated rings. The van der Waals surface area contributed by atoms with Crippen molar-refractivity contribution in [1.82, 2.24) is 9.97 Å². The molecule has 0 spiro atoms. The fourth-order valence-electron chi connectivity index (χ4n) is 1.89. The Morgan fingerprint density at radius 1 is 1.14 bits per heavy atom. The van der Waals surface area contributed by atoms with E-state index < -0.39 is 42.6 Å². The van der Waals surface area contributed by atoms with Gasteiger partial charge in [-0.3, -0.25) is 0 Å². The molecule has 0 aliphatic carbocycles. The van der Waals surface area contributed by atoms with Gasteiger partial charge in [-0.25, -0.2) is 13.8 Å². The molecule has 1 aromatic carbocycles. The van der Waals surface area contributed by atoms with Crippen LogP contribution in [0.2, 0.25) is 0 Å². The summed E-state index contributed by atoms with van der Waals surface area (Å²) in [6.45, 7) is -0.762. The Bertz CT molecular complexity index is 597. The molecule has 7 nitrogen and oxygen atoms in total. The van der Waals surface area contributed by atoms with Crippen molar-refractivity contribution in [2.45, 2.75) is 24.4 Å². The van der Waals surface area contributed by atoms with Gasteiger partial charge in [0.05, 0.1) is 23.7 Å². The number of aromatic nitrogens is 2. The van der Waals surface area contributed by atoms with Gasteiger partial charge in [-0.15, -0.1) is 0 Å². The molecule has 0 aliphatic rings. The Hall–Kier alpha value is -1.65. The van der Waals surface area contributed by atoms with Crippen molar-refractivity contribution in [3.63, 3.8) is 0 Å². The van der Waals surface area contributed by atoms with E-state index in [0.717, 1.165) is 12.1 Å². The standard InChI is InChI=1S/C12H15F2N3O4/c13-4-1-6-7(2-5(4)14)17-12(16-6)9(15)11(21)10(20)8(19)3-18/h1-2,8-11,18-21H,3,15H2,(H,16,17)/t8-,9-,10+,11-/m1/s1. The van der Waals surface area contributed by atoms with E-state index in [1.165, 1.54) is 0 Å². The van der Waals surface area contributed by atoms with Crippen molar-refractivity contribution >= 4 is 11.0 Å². The van der Waals surface area contributed by atoms with E-state index in [1.54, 1.807) is 0 Å². The Kier molecular flexibility index (Phi) is 4.49. The summed E-state index contributed by atoms with van der Waals surface area (Å²) < 4.78 is 26.2. The van der Waals surface area contributed by atoms with Gasteiger partial charge in [0.25, 0.3) is 0 Å². The molecule has 0 saturated heterocycles. The van der Waals surface area contributed by atoms with E-state index in [0.29, 0.717) is 0 Å². The summed E-state index contributed by atoms with van der Waals surface area (Å²) in [5.41, 5.74) is 5.96. The summed E-state index contributed by atoms with van der Waals surface area (Å²) in [6, 6.07) is 0.502. The summed E-state index contributed by atoms with van der Waals surface area (Å²) >= 11 is 0. The summed E-state index contributed by atoms with van der Waals surface area (Å²) in [5, 5.41) is 37.4. The van der Waals surface area contributed by atoms with E-state index in [4.69, 9.17) is 10.8 Å². The predicted octanol–water partition coefficient (Wildman–Crippen LogP) is -1.08. The van der Waals surface area contributed by atoms with Crippen LogP contribution in [-0.4, -0.2) is 55.3 Å². The number of nitrogens with two attached hydrogens (primary N) is 1. The second-order valence-electron chi connectivity index (χ2n) is 4.66. The molecule has 2 rings (SSSR count). The lowest BCUT2D eigenvalue weighted by molar-refractivity contribution is -0.0844. The van der Waals surface area contributed by atoms with E-state index in [2.05, 4.69) is 9.97 Å². The fourth-order valence-corrected chi connectivity index (χ4v) is 1.89. The molecule has 0 aliphatic heterocycles. The number of benzene rings is 1. The Balaban J connectivity index is 2.28. The summed E-state index contributed by atoms with van der Waals surface area (Å²) in [4.78, 5) is 6.50. The number of hydrogen-bond donors (Lipinski definition) is 6. The molecule has 2 aromatic rings. The first-order chi connectivity index (χ1) is 9.85. The average Bonchev–Trinajstić information content (AvgIpc) is 2.87. The number of rotatable bonds is 5. The Morgan fingerprint density at radius 3 is 2.38 bits per heavy atom. The van der Waals surface area contributed by atoms with Gasteiger partial charge in [-0.2, -0.15) is 0 Å². The van der Waals surface area contributed by atoms with Gasteiger partial charge in [-0.05, 0) is 0 Å². The number of fused-ring (bicyclic) bond motifs is 1. The average molecular weight is 303 g/mol.